The molecule has 1 saturated heterocycles. The van der Waals surface area contributed by atoms with Crippen molar-refractivity contribution < 1.29 is 19.4 Å². The number of ether oxygens (including phenoxy) is 3. The molecule has 2 aliphatic rings. The molecule has 2 aromatic rings. The number of hydrogen-bond acceptors (Lipinski definition) is 7. The molecule has 3 N–H and O–H groups in total. The van der Waals surface area contributed by atoms with Crippen LogP contribution in [0.15, 0.2) is 29.4 Å². The van der Waals surface area contributed by atoms with Crippen LogP contribution in [-0.4, -0.2) is 60.4 Å². The number of rotatable bonds is 4. The lowest BCUT2D eigenvalue weighted by atomic mass is 9.92. The summed E-state index contributed by atoms with van der Waals surface area (Å²) in [5.41, 5.74) is 7.51. The smallest absolute Gasteiger partial charge is 0.252 e. The van der Waals surface area contributed by atoms with E-state index in [2.05, 4.69) is 38.9 Å². The molecular weight excluding hydrogens is 372 g/mol. The van der Waals surface area contributed by atoms with Crippen LogP contribution < -0.4 is 5.32 Å². The lowest BCUT2D eigenvalue weighted by Gasteiger charge is -2.24. The predicted octanol–water partition coefficient (Wildman–Crippen LogP) is 2.40. The van der Waals surface area contributed by atoms with Crippen LogP contribution in [0.3, 0.4) is 0 Å². The second-order valence-corrected chi connectivity index (χ2v) is 7.23. The van der Waals surface area contributed by atoms with Crippen LogP contribution >= 0.6 is 0 Å². The van der Waals surface area contributed by atoms with E-state index >= 15 is 0 Å². The van der Waals surface area contributed by atoms with Crippen LogP contribution in [0.1, 0.15) is 22.5 Å². The summed E-state index contributed by atoms with van der Waals surface area (Å²) in [4.78, 5) is 0. The number of aromatic nitrogens is 2. The van der Waals surface area contributed by atoms with Crippen LogP contribution in [0.2, 0.25) is 0 Å². The van der Waals surface area contributed by atoms with E-state index in [-0.39, 0.29) is 18.6 Å². The highest BCUT2D eigenvalue weighted by atomic mass is 16.6. The molecule has 2 aliphatic heterocycles. The van der Waals surface area contributed by atoms with E-state index in [1.807, 2.05) is 13.8 Å². The van der Waals surface area contributed by atoms with Gasteiger partial charge in [-0.1, -0.05) is 18.2 Å². The SMILES string of the molecule is Cc1n[nH]c(C)c1-c1ccc2c(c1)CCN/C2=C\C(=N/O)OCC1COCCO1. The summed E-state index contributed by atoms with van der Waals surface area (Å²) in [6.07, 6.45) is 2.47. The lowest BCUT2D eigenvalue weighted by molar-refractivity contribution is -0.103. The van der Waals surface area contributed by atoms with Crippen LogP contribution in [0.25, 0.3) is 16.8 Å². The molecule has 0 spiro atoms. The zero-order chi connectivity index (χ0) is 20.2. The number of oxime groups is 1. The number of aromatic amines is 1. The van der Waals surface area contributed by atoms with Crippen molar-refractivity contribution in [3.05, 3.63) is 46.8 Å². The molecule has 29 heavy (non-hydrogen) atoms. The van der Waals surface area contributed by atoms with E-state index in [9.17, 15) is 5.21 Å². The molecule has 0 bridgehead atoms. The number of nitrogens with zero attached hydrogens (tertiary/aromatic N) is 2. The Hall–Kier alpha value is -2.84. The maximum Gasteiger partial charge on any atom is 0.252 e. The van der Waals surface area contributed by atoms with Gasteiger partial charge in [-0.15, -0.1) is 0 Å². The summed E-state index contributed by atoms with van der Waals surface area (Å²) < 4.78 is 16.5. The van der Waals surface area contributed by atoms with Crippen LogP contribution in [0.4, 0.5) is 0 Å². The Morgan fingerprint density at radius 2 is 2.28 bits per heavy atom. The molecule has 1 atom stereocenters. The molecule has 8 heteroatoms. The highest BCUT2D eigenvalue weighted by Crippen LogP contribution is 2.30. The topological polar surface area (TPSA) is 101 Å². The Morgan fingerprint density at radius 1 is 1.38 bits per heavy atom. The minimum atomic E-state index is -0.158. The zero-order valence-corrected chi connectivity index (χ0v) is 16.7. The normalized spacial score (nSPS) is 21.0. The van der Waals surface area contributed by atoms with Crippen molar-refractivity contribution in [2.24, 2.45) is 5.16 Å². The molecule has 8 nitrogen and oxygen atoms in total. The molecule has 154 valence electrons. The van der Waals surface area contributed by atoms with Crippen molar-refractivity contribution in [3.63, 3.8) is 0 Å². The van der Waals surface area contributed by atoms with Gasteiger partial charge in [-0.05, 0) is 36.6 Å². The summed E-state index contributed by atoms with van der Waals surface area (Å²) in [5.74, 6) is 0.139. The van der Waals surface area contributed by atoms with Gasteiger partial charge in [0.2, 0.25) is 0 Å². The Morgan fingerprint density at radius 3 is 3.00 bits per heavy atom. The molecule has 1 unspecified atom stereocenters. The Kier molecular flexibility index (Phi) is 5.82. The third-order valence-electron chi connectivity index (χ3n) is 5.19. The summed E-state index contributed by atoms with van der Waals surface area (Å²) in [6, 6.07) is 6.38. The molecule has 1 aromatic heterocycles. The lowest BCUT2D eigenvalue weighted by Crippen LogP contribution is -2.33. The van der Waals surface area contributed by atoms with Crippen molar-refractivity contribution in [1.29, 1.82) is 0 Å². The highest BCUT2D eigenvalue weighted by molar-refractivity contribution is 5.95. The molecule has 3 heterocycles. The van der Waals surface area contributed by atoms with Crippen LogP contribution in [0, 0.1) is 13.8 Å². The van der Waals surface area contributed by atoms with Gasteiger partial charge < -0.3 is 24.7 Å². The molecule has 1 aromatic carbocycles. The maximum atomic E-state index is 9.37. The average molecular weight is 398 g/mol. The second-order valence-electron chi connectivity index (χ2n) is 7.23. The predicted molar refractivity (Wildman–Crippen MR) is 109 cm³/mol. The van der Waals surface area contributed by atoms with Crippen molar-refractivity contribution in [2.45, 2.75) is 26.4 Å². The highest BCUT2D eigenvalue weighted by Gasteiger charge is 2.19. The van der Waals surface area contributed by atoms with Gasteiger partial charge >= 0.3 is 0 Å². The van der Waals surface area contributed by atoms with E-state index in [1.54, 1.807) is 6.08 Å². The van der Waals surface area contributed by atoms with E-state index < -0.39 is 0 Å². The first kappa shape index (κ1) is 19.5. The Labute approximate surface area is 169 Å². The third-order valence-corrected chi connectivity index (χ3v) is 5.19. The van der Waals surface area contributed by atoms with Gasteiger partial charge in [-0.2, -0.15) is 5.10 Å². The minimum Gasteiger partial charge on any atom is -0.473 e. The van der Waals surface area contributed by atoms with Crippen LogP contribution in [-0.2, 0) is 20.6 Å². The standard InChI is InChI=1S/C21H26N4O4/c1-13-21(14(2)24-23-13)16-3-4-18-15(9-16)5-6-22-19(18)10-20(25-26)29-12-17-11-27-7-8-28-17/h3-4,9-10,17,22,26H,5-8,11-12H2,1-2H3,(H,23,24)/b19-10-,25-20+. The van der Waals surface area contributed by atoms with Gasteiger partial charge in [-0.3, -0.25) is 5.10 Å². The van der Waals surface area contributed by atoms with Gasteiger partial charge in [0.15, 0.2) is 0 Å². The average Bonchev–Trinajstić information content (AvgIpc) is 3.09. The monoisotopic (exact) mass is 398 g/mol. The van der Waals surface area contributed by atoms with E-state index in [0.29, 0.717) is 19.8 Å². The third kappa shape index (κ3) is 4.28. The van der Waals surface area contributed by atoms with E-state index in [4.69, 9.17) is 14.2 Å². The summed E-state index contributed by atoms with van der Waals surface area (Å²) >= 11 is 0. The summed E-state index contributed by atoms with van der Waals surface area (Å²) in [7, 11) is 0. The first-order chi connectivity index (χ1) is 14.2. The van der Waals surface area contributed by atoms with Gasteiger partial charge in [0.25, 0.3) is 5.90 Å². The molecule has 0 radical (unpaired) electrons. The number of fused-ring (bicyclic) bond motifs is 1. The Balaban J connectivity index is 1.54. The van der Waals surface area contributed by atoms with Gasteiger partial charge in [0.05, 0.1) is 25.5 Å². The Bertz CT molecular complexity index is 909. The minimum absolute atomic E-state index is 0.139. The van der Waals surface area contributed by atoms with Crippen LogP contribution in [0.5, 0.6) is 0 Å². The van der Waals surface area contributed by atoms with E-state index in [0.717, 1.165) is 46.7 Å². The quantitative estimate of drug-likeness (QED) is 0.316. The van der Waals surface area contributed by atoms with Gasteiger partial charge in [-0.25, -0.2) is 0 Å². The van der Waals surface area contributed by atoms with Crippen molar-refractivity contribution in [2.75, 3.05) is 33.0 Å². The summed E-state index contributed by atoms with van der Waals surface area (Å²) in [6.45, 7) is 6.73. The van der Waals surface area contributed by atoms with Crippen molar-refractivity contribution in [1.82, 2.24) is 15.5 Å². The molecule has 0 saturated carbocycles. The second kappa shape index (κ2) is 8.67. The number of nitrogens with one attached hydrogen (secondary N) is 2. The fourth-order valence-corrected chi connectivity index (χ4v) is 3.78. The van der Waals surface area contributed by atoms with E-state index in [1.165, 1.54) is 5.56 Å². The summed E-state index contributed by atoms with van der Waals surface area (Å²) in [5, 5.41) is 23.4. The first-order valence-corrected chi connectivity index (χ1v) is 9.80. The van der Waals surface area contributed by atoms with Crippen molar-refractivity contribution in [3.8, 4) is 11.1 Å². The van der Waals surface area contributed by atoms with Gasteiger partial charge in [0.1, 0.15) is 12.7 Å². The number of aryl methyl sites for hydroxylation is 2. The molecule has 1 fully saturated rings. The van der Waals surface area contributed by atoms with Crippen molar-refractivity contribution >= 4 is 11.6 Å². The molecule has 0 amide bonds. The number of hydrogen-bond donors (Lipinski definition) is 3. The first-order valence-electron chi connectivity index (χ1n) is 9.80. The fraction of sp³-hybridized carbons (Fsp3) is 0.429. The number of benzene rings is 1. The largest absolute Gasteiger partial charge is 0.473 e. The van der Waals surface area contributed by atoms with Gasteiger partial charge in [0, 0.05) is 35.1 Å². The number of H-pyrrole nitrogens is 1. The molecule has 4 rings (SSSR count). The fourth-order valence-electron chi connectivity index (χ4n) is 3.78. The zero-order valence-electron chi connectivity index (χ0n) is 16.7. The molecule has 0 aliphatic carbocycles. The molecular formula is C21H26N4O4. The maximum absolute atomic E-state index is 9.37.